The van der Waals surface area contributed by atoms with Crippen LogP contribution in [0.5, 0.6) is 0 Å². The minimum Gasteiger partial charge on any atom is -0.351 e. The Kier molecular flexibility index (Phi) is 9.81. The number of hydrogen-bond donors (Lipinski definition) is 2. The normalized spacial score (nSPS) is 20.2. The molecule has 3 atom stereocenters. The average Bonchev–Trinajstić information content (AvgIpc) is 2.95. The highest BCUT2D eigenvalue weighted by Crippen LogP contribution is 2.20. The lowest BCUT2D eigenvalue weighted by molar-refractivity contribution is -0.123. The predicted octanol–water partition coefficient (Wildman–Crippen LogP) is 3.18. The predicted molar refractivity (Wildman–Crippen MR) is 115 cm³/mol. The molecule has 1 aliphatic rings. The van der Waals surface area contributed by atoms with Crippen molar-refractivity contribution < 1.29 is 4.79 Å². The van der Waals surface area contributed by atoms with Gasteiger partial charge in [-0.1, -0.05) is 60.7 Å². The molecule has 1 aliphatic heterocycles. The van der Waals surface area contributed by atoms with E-state index in [9.17, 15) is 4.79 Å². The van der Waals surface area contributed by atoms with Gasteiger partial charge in [0.15, 0.2) is 0 Å². The van der Waals surface area contributed by atoms with Gasteiger partial charge in [-0.15, -0.1) is 24.8 Å². The van der Waals surface area contributed by atoms with Gasteiger partial charge in [0.25, 0.3) is 0 Å². The van der Waals surface area contributed by atoms with Crippen LogP contribution in [0.1, 0.15) is 24.5 Å². The van der Waals surface area contributed by atoms with Crippen LogP contribution in [0.3, 0.4) is 0 Å². The van der Waals surface area contributed by atoms with E-state index >= 15 is 0 Å². The van der Waals surface area contributed by atoms with Gasteiger partial charge in [0.2, 0.25) is 5.91 Å². The molecule has 1 fully saturated rings. The number of nitrogens with two attached hydrogens (primary N) is 1. The number of nitrogens with one attached hydrogen (secondary N) is 1. The monoisotopic (exact) mass is 409 g/mol. The molecule has 0 bridgehead atoms. The van der Waals surface area contributed by atoms with Crippen LogP contribution in [0.2, 0.25) is 0 Å². The van der Waals surface area contributed by atoms with Crippen LogP contribution < -0.4 is 11.1 Å². The molecule has 1 saturated heterocycles. The smallest absolute Gasteiger partial charge is 0.237 e. The Morgan fingerprint density at radius 2 is 1.63 bits per heavy atom. The lowest BCUT2D eigenvalue weighted by Gasteiger charge is -2.21. The zero-order valence-corrected chi connectivity index (χ0v) is 17.2. The number of benzene rings is 2. The third kappa shape index (κ3) is 6.82. The number of halogens is 2. The Morgan fingerprint density at radius 1 is 1.07 bits per heavy atom. The third-order valence-electron chi connectivity index (χ3n) is 4.91. The van der Waals surface area contributed by atoms with E-state index in [1.54, 1.807) is 0 Å². The Morgan fingerprint density at radius 3 is 2.22 bits per heavy atom. The molecule has 6 heteroatoms. The first-order chi connectivity index (χ1) is 12.1. The van der Waals surface area contributed by atoms with Crippen LogP contribution in [0.25, 0.3) is 0 Å². The van der Waals surface area contributed by atoms with Gasteiger partial charge in [-0.25, -0.2) is 0 Å². The van der Waals surface area contributed by atoms with E-state index in [1.165, 1.54) is 5.56 Å². The zero-order valence-electron chi connectivity index (χ0n) is 15.6. The van der Waals surface area contributed by atoms with Crippen LogP contribution in [-0.4, -0.2) is 35.5 Å². The lowest BCUT2D eigenvalue weighted by atomic mass is 10.1. The SMILES string of the molecule is CC1CC(NC(=O)C(N)Cc2ccccc2)CN1Cc1ccccc1.Cl.Cl. The van der Waals surface area contributed by atoms with Crippen molar-refractivity contribution >= 4 is 30.7 Å². The highest BCUT2D eigenvalue weighted by Gasteiger charge is 2.30. The maximum atomic E-state index is 12.4. The Hall–Kier alpha value is -1.59. The van der Waals surface area contributed by atoms with Crippen molar-refractivity contribution in [2.75, 3.05) is 6.54 Å². The van der Waals surface area contributed by atoms with Crippen LogP contribution in [0.4, 0.5) is 0 Å². The summed E-state index contributed by atoms with van der Waals surface area (Å²) in [5.41, 5.74) is 8.50. The minimum atomic E-state index is -0.499. The molecule has 0 radical (unpaired) electrons. The largest absolute Gasteiger partial charge is 0.351 e. The first-order valence-corrected chi connectivity index (χ1v) is 8.99. The van der Waals surface area contributed by atoms with Crippen LogP contribution in [0, 0.1) is 0 Å². The summed E-state index contributed by atoms with van der Waals surface area (Å²) in [5, 5.41) is 3.14. The van der Waals surface area contributed by atoms with Gasteiger partial charge in [0, 0.05) is 25.2 Å². The molecule has 0 aliphatic carbocycles. The Labute approximate surface area is 174 Å². The van der Waals surface area contributed by atoms with E-state index < -0.39 is 6.04 Å². The molecule has 0 saturated carbocycles. The van der Waals surface area contributed by atoms with Gasteiger partial charge in [0.1, 0.15) is 0 Å². The highest BCUT2D eigenvalue weighted by atomic mass is 35.5. The number of carbonyl (C=O) groups is 1. The summed E-state index contributed by atoms with van der Waals surface area (Å²) in [4.78, 5) is 14.8. The van der Waals surface area contributed by atoms with Crippen molar-refractivity contribution in [3.63, 3.8) is 0 Å². The molecule has 0 spiro atoms. The van der Waals surface area contributed by atoms with Crippen molar-refractivity contribution in [1.82, 2.24) is 10.2 Å². The Bertz CT molecular complexity index is 684. The van der Waals surface area contributed by atoms with Crippen molar-refractivity contribution in [2.24, 2.45) is 5.73 Å². The number of amides is 1. The van der Waals surface area contributed by atoms with Crippen molar-refractivity contribution in [3.8, 4) is 0 Å². The molecule has 0 aromatic heterocycles. The van der Waals surface area contributed by atoms with E-state index in [4.69, 9.17) is 5.73 Å². The molecule has 1 heterocycles. The first-order valence-electron chi connectivity index (χ1n) is 8.99. The number of rotatable bonds is 6. The second-order valence-electron chi connectivity index (χ2n) is 7.00. The van der Waals surface area contributed by atoms with Gasteiger partial charge < -0.3 is 11.1 Å². The molecule has 2 aromatic carbocycles. The van der Waals surface area contributed by atoms with Gasteiger partial charge in [-0.2, -0.15) is 0 Å². The van der Waals surface area contributed by atoms with Crippen LogP contribution in [0.15, 0.2) is 60.7 Å². The summed E-state index contributed by atoms with van der Waals surface area (Å²) in [6.45, 7) is 4.02. The highest BCUT2D eigenvalue weighted by molar-refractivity contribution is 5.85. The number of hydrogen-bond acceptors (Lipinski definition) is 3. The average molecular weight is 410 g/mol. The van der Waals surface area contributed by atoms with Gasteiger partial charge in [0.05, 0.1) is 6.04 Å². The standard InChI is InChI=1S/C21H27N3O.2ClH/c1-16-12-19(15-24(16)14-18-10-6-3-7-11-18)23-21(25)20(22)13-17-8-4-2-5-9-17;;/h2-11,16,19-20H,12-15,22H2,1H3,(H,23,25);2*1H. The van der Waals surface area contributed by atoms with Crippen molar-refractivity contribution in [3.05, 3.63) is 71.8 Å². The zero-order chi connectivity index (χ0) is 17.6. The quantitative estimate of drug-likeness (QED) is 0.769. The molecular formula is C21H29Cl2N3O. The summed E-state index contributed by atoms with van der Waals surface area (Å²) >= 11 is 0. The van der Waals surface area contributed by atoms with Crippen molar-refractivity contribution in [2.45, 2.75) is 44.4 Å². The van der Waals surface area contributed by atoms with E-state index in [1.807, 2.05) is 36.4 Å². The van der Waals surface area contributed by atoms with Gasteiger partial charge in [-0.05, 0) is 30.9 Å². The lowest BCUT2D eigenvalue weighted by Crippen LogP contribution is -2.47. The number of carbonyl (C=O) groups excluding carboxylic acids is 1. The van der Waals surface area contributed by atoms with E-state index in [0.717, 1.165) is 25.1 Å². The van der Waals surface area contributed by atoms with Crippen LogP contribution >= 0.6 is 24.8 Å². The summed E-state index contributed by atoms with van der Waals surface area (Å²) in [7, 11) is 0. The first kappa shape index (κ1) is 23.4. The number of likely N-dealkylation sites (tertiary alicyclic amines) is 1. The molecule has 4 nitrogen and oxygen atoms in total. The summed E-state index contributed by atoms with van der Waals surface area (Å²) in [6, 6.07) is 20.5. The molecule has 27 heavy (non-hydrogen) atoms. The van der Waals surface area contributed by atoms with Gasteiger partial charge in [-0.3, -0.25) is 9.69 Å². The topological polar surface area (TPSA) is 58.4 Å². The van der Waals surface area contributed by atoms with E-state index in [2.05, 4.69) is 41.4 Å². The number of nitrogens with zero attached hydrogens (tertiary/aromatic N) is 1. The van der Waals surface area contributed by atoms with E-state index in [-0.39, 0.29) is 36.8 Å². The second-order valence-corrected chi connectivity index (χ2v) is 7.00. The fourth-order valence-corrected chi connectivity index (χ4v) is 3.51. The fourth-order valence-electron chi connectivity index (χ4n) is 3.51. The molecule has 148 valence electrons. The summed E-state index contributed by atoms with van der Waals surface area (Å²) < 4.78 is 0. The van der Waals surface area contributed by atoms with Crippen molar-refractivity contribution in [1.29, 1.82) is 0 Å². The maximum absolute atomic E-state index is 12.4. The molecule has 3 N–H and O–H groups in total. The Balaban J connectivity index is 0.00000182. The third-order valence-corrected chi connectivity index (χ3v) is 4.91. The molecule has 2 aromatic rings. The van der Waals surface area contributed by atoms with Gasteiger partial charge >= 0.3 is 0 Å². The minimum absolute atomic E-state index is 0. The second kappa shape index (κ2) is 11.3. The summed E-state index contributed by atoms with van der Waals surface area (Å²) in [6.07, 6.45) is 1.54. The molecule has 3 unspecified atom stereocenters. The van der Waals surface area contributed by atoms with Crippen LogP contribution in [-0.2, 0) is 17.8 Å². The molecule has 1 amide bonds. The fraction of sp³-hybridized carbons (Fsp3) is 0.381. The molecule has 3 rings (SSSR count). The maximum Gasteiger partial charge on any atom is 0.237 e. The molecular weight excluding hydrogens is 381 g/mol. The summed E-state index contributed by atoms with van der Waals surface area (Å²) in [5.74, 6) is -0.0531. The van der Waals surface area contributed by atoms with E-state index in [0.29, 0.717) is 12.5 Å².